The van der Waals surface area contributed by atoms with E-state index < -0.39 is 0 Å². The minimum absolute atomic E-state index is 0.0121. The summed E-state index contributed by atoms with van der Waals surface area (Å²) in [5.41, 5.74) is 0.665. The zero-order valence-electron chi connectivity index (χ0n) is 12.4. The number of nitrogens with one attached hydrogen (secondary N) is 2. The summed E-state index contributed by atoms with van der Waals surface area (Å²) >= 11 is 5.87. The van der Waals surface area contributed by atoms with E-state index in [1.807, 2.05) is 0 Å². The second-order valence-electron chi connectivity index (χ2n) is 5.92. The van der Waals surface area contributed by atoms with E-state index in [1.165, 1.54) is 0 Å². The van der Waals surface area contributed by atoms with Crippen molar-refractivity contribution in [2.45, 2.75) is 26.7 Å². The second kappa shape index (κ2) is 6.94. The van der Waals surface area contributed by atoms with Crippen LogP contribution in [-0.2, 0) is 9.59 Å². The Morgan fingerprint density at radius 1 is 1.29 bits per heavy atom. The molecule has 0 aromatic heterocycles. The largest absolute Gasteiger partial charge is 0.356 e. The standard InChI is InChI=1S/C16H21ClN2O2/c1-10(2)6-7-18-15(20)13-9-14(13)16(21)19-12-5-3-4-11(17)8-12/h3-5,8,10,13-14H,6-7,9H2,1-2H3,(H,18,20)(H,19,21). The molecule has 1 saturated carbocycles. The van der Waals surface area contributed by atoms with Crippen molar-refractivity contribution in [2.24, 2.45) is 17.8 Å². The zero-order valence-corrected chi connectivity index (χ0v) is 13.1. The molecule has 0 aliphatic heterocycles. The molecule has 1 fully saturated rings. The fourth-order valence-corrected chi connectivity index (χ4v) is 2.38. The van der Waals surface area contributed by atoms with Crippen molar-refractivity contribution in [3.8, 4) is 0 Å². The Hall–Kier alpha value is -1.55. The Kier molecular flexibility index (Phi) is 5.23. The number of benzene rings is 1. The minimum Gasteiger partial charge on any atom is -0.356 e. The van der Waals surface area contributed by atoms with Gasteiger partial charge in [0.25, 0.3) is 0 Å². The van der Waals surface area contributed by atoms with Crippen molar-refractivity contribution in [2.75, 3.05) is 11.9 Å². The van der Waals surface area contributed by atoms with E-state index in [4.69, 9.17) is 11.6 Å². The van der Waals surface area contributed by atoms with Crippen LogP contribution in [0.5, 0.6) is 0 Å². The van der Waals surface area contributed by atoms with Crippen molar-refractivity contribution >= 4 is 29.1 Å². The van der Waals surface area contributed by atoms with E-state index in [1.54, 1.807) is 24.3 Å². The monoisotopic (exact) mass is 308 g/mol. The van der Waals surface area contributed by atoms with Crippen LogP contribution in [0, 0.1) is 17.8 Å². The molecule has 1 aromatic carbocycles. The molecule has 2 atom stereocenters. The van der Waals surface area contributed by atoms with Crippen LogP contribution in [0.3, 0.4) is 0 Å². The average Bonchev–Trinajstić information content (AvgIpc) is 3.18. The zero-order chi connectivity index (χ0) is 15.4. The topological polar surface area (TPSA) is 58.2 Å². The molecular formula is C16H21ClN2O2. The van der Waals surface area contributed by atoms with E-state index in [2.05, 4.69) is 24.5 Å². The lowest BCUT2D eigenvalue weighted by Gasteiger charge is -2.07. The number of hydrogen-bond acceptors (Lipinski definition) is 2. The molecule has 114 valence electrons. The number of anilines is 1. The summed E-state index contributed by atoms with van der Waals surface area (Å²) in [4.78, 5) is 23.9. The normalized spacial score (nSPS) is 20.2. The third-order valence-electron chi connectivity index (χ3n) is 3.58. The van der Waals surface area contributed by atoms with Crippen molar-refractivity contribution < 1.29 is 9.59 Å². The molecule has 0 radical (unpaired) electrons. The number of amides is 2. The fraction of sp³-hybridized carbons (Fsp3) is 0.500. The molecule has 2 amide bonds. The maximum absolute atomic E-state index is 12.0. The maximum atomic E-state index is 12.0. The summed E-state index contributed by atoms with van der Waals surface area (Å²) in [6.07, 6.45) is 1.58. The number of hydrogen-bond donors (Lipinski definition) is 2. The highest BCUT2D eigenvalue weighted by Gasteiger charge is 2.47. The highest BCUT2D eigenvalue weighted by atomic mass is 35.5. The van der Waals surface area contributed by atoms with Crippen LogP contribution in [0.25, 0.3) is 0 Å². The molecule has 5 heteroatoms. The SMILES string of the molecule is CC(C)CCNC(=O)C1CC1C(=O)Nc1cccc(Cl)c1. The van der Waals surface area contributed by atoms with E-state index in [0.717, 1.165) is 6.42 Å². The van der Waals surface area contributed by atoms with E-state index in [9.17, 15) is 9.59 Å². The predicted octanol–water partition coefficient (Wildman–Crippen LogP) is 3.08. The minimum atomic E-state index is -0.219. The van der Waals surface area contributed by atoms with Gasteiger partial charge in [0.1, 0.15) is 0 Å². The summed E-state index contributed by atoms with van der Waals surface area (Å²) in [5, 5.41) is 6.27. The second-order valence-corrected chi connectivity index (χ2v) is 6.36. The van der Waals surface area contributed by atoms with Crippen molar-refractivity contribution in [1.29, 1.82) is 0 Å². The molecule has 1 aliphatic carbocycles. The molecule has 0 bridgehead atoms. The number of halogens is 1. The molecular weight excluding hydrogens is 288 g/mol. The van der Waals surface area contributed by atoms with Gasteiger partial charge < -0.3 is 10.6 Å². The summed E-state index contributed by atoms with van der Waals surface area (Å²) < 4.78 is 0. The quantitative estimate of drug-likeness (QED) is 0.848. The summed E-state index contributed by atoms with van der Waals surface area (Å²) in [6, 6.07) is 7.00. The smallest absolute Gasteiger partial charge is 0.228 e. The molecule has 1 aromatic rings. The van der Waals surface area contributed by atoms with Gasteiger partial charge in [0, 0.05) is 17.3 Å². The van der Waals surface area contributed by atoms with Gasteiger partial charge in [-0.15, -0.1) is 0 Å². The highest BCUT2D eigenvalue weighted by Crippen LogP contribution is 2.39. The molecule has 21 heavy (non-hydrogen) atoms. The lowest BCUT2D eigenvalue weighted by atomic mass is 10.1. The van der Waals surface area contributed by atoms with Gasteiger partial charge in [0.15, 0.2) is 0 Å². The van der Waals surface area contributed by atoms with Crippen molar-refractivity contribution in [3.63, 3.8) is 0 Å². The predicted molar refractivity (Wildman–Crippen MR) is 84.1 cm³/mol. The Bertz CT molecular complexity index is 531. The van der Waals surface area contributed by atoms with Crippen molar-refractivity contribution in [3.05, 3.63) is 29.3 Å². The molecule has 0 heterocycles. The van der Waals surface area contributed by atoms with Crippen LogP contribution in [0.4, 0.5) is 5.69 Å². The van der Waals surface area contributed by atoms with Gasteiger partial charge in [-0.3, -0.25) is 9.59 Å². The lowest BCUT2D eigenvalue weighted by molar-refractivity contribution is -0.125. The Balaban J connectivity index is 1.77. The van der Waals surface area contributed by atoms with Crippen LogP contribution in [0.1, 0.15) is 26.7 Å². The molecule has 2 rings (SSSR count). The summed E-state index contributed by atoms with van der Waals surface area (Å²) in [6.45, 7) is 4.91. The van der Waals surface area contributed by atoms with Gasteiger partial charge in [-0.1, -0.05) is 31.5 Å². The molecule has 0 spiro atoms. The van der Waals surface area contributed by atoms with Crippen molar-refractivity contribution in [1.82, 2.24) is 5.32 Å². The van der Waals surface area contributed by atoms with Gasteiger partial charge in [-0.25, -0.2) is 0 Å². The summed E-state index contributed by atoms with van der Waals surface area (Å²) in [7, 11) is 0. The van der Waals surface area contributed by atoms with Crippen LogP contribution >= 0.6 is 11.6 Å². The first-order valence-electron chi connectivity index (χ1n) is 7.31. The average molecular weight is 309 g/mol. The number of rotatable bonds is 6. The third kappa shape index (κ3) is 4.74. The first kappa shape index (κ1) is 15.8. The van der Waals surface area contributed by atoms with Crippen LogP contribution < -0.4 is 10.6 Å². The molecule has 4 nitrogen and oxygen atoms in total. The van der Waals surface area contributed by atoms with Crippen LogP contribution in [0.15, 0.2) is 24.3 Å². The first-order chi connectivity index (χ1) is 9.97. The van der Waals surface area contributed by atoms with Gasteiger partial charge >= 0.3 is 0 Å². The van der Waals surface area contributed by atoms with E-state index in [0.29, 0.717) is 29.6 Å². The van der Waals surface area contributed by atoms with E-state index in [-0.39, 0.29) is 23.7 Å². The summed E-state index contributed by atoms with van der Waals surface area (Å²) in [5.74, 6) is 0.0361. The number of carbonyl (C=O) groups is 2. The highest BCUT2D eigenvalue weighted by molar-refractivity contribution is 6.30. The van der Waals surface area contributed by atoms with Gasteiger partial charge in [0.2, 0.25) is 11.8 Å². The Morgan fingerprint density at radius 2 is 2.00 bits per heavy atom. The first-order valence-corrected chi connectivity index (χ1v) is 7.69. The molecule has 0 saturated heterocycles. The maximum Gasteiger partial charge on any atom is 0.228 e. The van der Waals surface area contributed by atoms with E-state index >= 15 is 0 Å². The Morgan fingerprint density at radius 3 is 2.67 bits per heavy atom. The van der Waals surface area contributed by atoms with Crippen LogP contribution in [0.2, 0.25) is 5.02 Å². The van der Waals surface area contributed by atoms with Crippen LogP contribution in [-0.4, -0.2) is 18.4 Å². The molecule has 1 aliphatic rings. The molecule has 2 N–H and O–H groups in total. The number of carbonyl (C=O) groups excluding carboxylic acids is 2. The van der Waals surface area contributed by atoms with Gasteiger partial charge in [0.05, 0.1) is 11.8 Å². The van der Waals surface area contributed by atoms with Gasteiger partial charge in [-0.2, -0.15) is 0 Å². The third-order valence-corrected chi connectivity index (χ3v) is 3.81. The fourth-order valence-electron chi connectivity index (χ4n) is 2.19. The lowest BCUT2D eigenvalue weighted by Crippen LogP contribution is -2.28. The molecule has 2 unspecified atom stereocenters. The van der Waals surface area contributed by atoms with Gasteiger partial charge in [-0.05, 0) is 37.0 Å². The Labute approximate surface area is 130 Å².